The van der Waals surface area contributed by atoms with Crippen LogP contribution >= 0.6 is 0 Å². The largest absolute Gasteiger partial charge is 0.416 e. The van der Waals surface area contributed by atoms with Gasteiger partial charge in [0, 0.05) is 22.7 Å². The van der Waals surface area contributed by atoms with E-state index in [0.29, 0.717) is 5.69 Å². The lowest BCUT2D eigenvalue weighted by Gasteiger charge is -2.11. The Balaban J connectivity index is 1.56. The van der Waals surface area contributed by atoms with Gasteiger partial charge in [-0.2, -0.15) is 13.2 Å². The van der Waals surface area contributed by atoms with E-state index >= 15 is 0 Å². The molecule has 0 atom stereocenters. The summed E-state index contributed by atoms with van der Waals surface area (Å²) in [6.07, 6.45) is -4.41. The van der Waals surface area contributed by atoms with Gasteiger partial charge < -0.3 is 16.0 Å². The van der Waals surface area contributed by atoms with E-state index in [1.807, 2.05) is 30.3 Å². The van der Waals surface area contributed by atoms with Crippen molar-refractivity contribution < 1.29 is 18.0 Å². The number of anilines is 4. The summed E-state index contributed by atoms with van der Waals surface area (Å²) >= 11 is 0. The molecule has 0 heterocycles. The summed E-state index contributed by atoms with van der Waals surface area (Å²) in [5.74, 6) is 0. The van der Waals surface area contributed by atoms with E-state index in [4.69, 9.17) is 0 Å². The standard InChI is InChI=1S/C20H16F3N3O/c21-20(22,23)14-6-8-17(9-7-14)25-19(27)26-18-12-10-16(11-13-18)24-15-4-2-1-3-5-15/h1-13,24H,(H2,25,26,27). The van der Waals surface area contributed by atoms with Gasteiger partial charge in [0.15, 0.2) is 0 Å². The number of urea groups is 1. The molecule has 4 nitrogen and oxygen atoms in total. The number of alkyl halides is 3. The van der Waals surface area contributed by atoms with E-state index in [1.54, 1.807) is 24.3 Å². The van der Waals surface area contributed by atoms with E-state index in [0.717, 1.165) is 23.5 Å². The van der Waals surface area contributed by atoms with Crippen molar-refractivity contribution in [2.24, 2.45) is 0 Å². The van der Waals surface area contributed by atoms with Crippen LogP contribution in [-0.4, -0.2) is 6.03 Å². The molecule has 0 saturated carbocycles. The van der Waals surface area contributed by atoms with Gasteiger partial charge in [-0.05, 0) is 60.7 Å². The van der Waals surface area contributed by atoms with Gasteiger partial charge in [-0.1, -0.05) is 18.2 Å². The van der Waals surface area contributed by atoms with Crippen LogP contribution in [0, 0.1) is 0 Å². The van der Waals surface area contributed by atoms with Crippen molar-refractivity contribution in [2.45, 2.75) is 6.18 Å². The van der Waals surface area contributed by atoms with Gasteiger partial charge in [0.1, 0.15) is 0 Å². The predicted molar refractivity (Wildman–Crippen MR) is 100 cm³/mol. The Labute approximate surface area is 154 Å². The van der Waals surface area contributed by atoms with Crippen molar-refractivity contribution in [3.8, 4) is 0 Å². The minimum absolute atomic E-state index is 0.267. The zero-order valence-corrected chi connectivity index (χ0v) is 14.0. The molecular formula is C20H16F3N3O. The summed E-state index contributed by atoms with van der Waals surface area (Å²) < 4.78 is 37.6. The van der Waals surface area contributed by atoms with Crippen molar-refractivity contribution >= 4 is 28.8 Å². The third kappa shape index (κ3) is 5.24. The second-order valence-corrected chi connectivity index (χ2v) is 5.72. The fraction of sp³-hybridized carbons (Fsp3) is 0.0500. The number of carbonyl (C=O) groups excluding carboxylic acids is 1. The lowest BCUT2D eigenvalue weighted by Crippen LogP contribution is -2.19. The van der Waals surface area contributed by atoms with Crippen molar-refractivity contribution in [3.63, 3.8) is 0 Å². The number of benzene rings is 3. The molecule has 3 rings (SSSR count). The highest BCUT2D eigenvalue weighted by Crippen LogP contribution is 2.29. The number of hydrogen-bond acceptors (Lipinski definition) is 2. The van der Waals surface area contributed by atoms with Crippen LogP contribution in [0.25, 0.3) is 0 Å². The molecule has 2 amide bonds. The molecule has 7 heteroatoms. The molecule has 0 unspecified atom stereocenters. The summed E-state index contributed by atoms with van der Waals surface area (Å²) in [6.45, 7) is 0. The zero-order valence-electron chi connectivity index (χ0n) is 14.0. The highest BCUT2D eigenvalue weighted by molar-refractivity contribution is 5.99. The topological polar surface area (TPSA) is 53.2 Å². The van der Waals surface area contributed by atoms with Crippen LogP contribution in [0.15, 0.2) is 78.9 Å². The molecule has 138 valence electrons. The van der Waals surface area contributed by atoms with E-state index < -0.39 is 17.8 Å². The molecule has 0 spiro atoms. The van der Waals surface area contributed by atoms with Crippen LogP contribution in [0.3, 0.4) is 0 Å². The van der Waals surface area contributed by atoms with Crippen LogP contribution in [0.4, 0.5) is 40.7 Å². The summed E-state index contributed by atoms with van der Waals surface area (Å²) in [4.78, 5) is 12.0. The highest BCUT2D eigenvalue weighted by Gasteiger charge is 2.29. The van der Waals surface area contributed by atoms with E-state index in [2.05, 4.69) is 16.0 Å². The molecule has 27 heavy (non-hydrogen) atoms. The lowest BCUT2D eigenvalue weighted by molar-refractivity contribution is -0.137. The number of nitrogens with one attached hydrogen (secondary N) is 3. The minimum atomic E-state index is -4.41. The first-order valence-corrected chi connectivity index (χ1v) is 8.07. The molecule has 0 radical (unpaired) electrons. The first-order valence-electron chi connectivity index (χ1n) is 8.07. The van der Waals surface area contributed by atoms with Crippen molar-refractivity contribution in [1.29, 1.82) is 0 Å². The summed E-state index contributed by atoms with van der Waals surface area (Å²) in [6, 6.07) is 20.4. The molecular weight excluding hydrogens is 355 g/mol. The fourth-order valence-corrected chi connectivity index (χ4v) is 2.36. The number of rotatable bonds is 4. The van der Waals surface area contributed by atoms with Crippen molar-refractivity contribution in [1.82, 2.24) is 0 Å². The van der Waals surface area contributed by atoms with Gasteiger partial charge in [-0.15, -0.1) is 0 Å². The maximum Gasteiger partial charge on any atom is 0.416 e. The van der Waals surface area contributed by atoms with Crippen molar-refractivity contribution in [2.75, 3.05) is 16.0 Å². The molecule has 0 aliphatic carbocycles. The predicted octanol–water partition coefficient (Wildman–Crippen LogP) is 6.09. The SMILES string of the molecule is O=C(Nc1ccc(Nc2ccccc2)cc1)Nc1ccc(C(F)(F)F)cc1. The Morgan fingerprint density at radius 1 is 0.630 bits per heavy atom. The van der Waals surface area contributed by atoms with E-state index in [9.17, 15) is 18.0 Å². The highest BCUT2D eigenvalue weighted by atomic mass is 19.4. The van der Waals surface area contributed by atoms with Gasteiger partial charge in [0.05, 0.1) is 5.56 Å². The molecule has 0 aliphatic heterocycles. The second kappa shape index (κ2) is 7.82. The van der Waals surface area contributed by atoms with Crippen LogP contribution in [-0.2, 0) is 6.18 Å². The molecule has 0 bridgehead atoms. The number of hydrogen-bond donors (Lipinski definition) is 3. The second-order valence-electron chi connectivity index (χ2n) is 5.72. The maximum atomic E-state index is 12.5. The van der Waals surface area contributed by atoms with Gasteiger partial charge in [0.25, 0.3) is 0 Å². The Hall–Kier alpha value is -3.48. The molecule has 3 N–H and O–H groups in total. The van der Waals surface area contributed by atoms with E-state index in [1.165, 1.54) is 12.1 Å². The summed E-state index contributed by atoms with van der Waals surface area (Å²) in [5.41, 5.74) is 1.85. The minimum Gasteiger partial charge on any atom is -0.356 e. The molecule has 0 aromatic heterocycles. The third-order valence-electron chi connectivity index (χ3n) is 3.68. The van der Waals surface area contributed by atoms with Crippen molar-refractivity contribution in [3.05, 3.63) is 84.4 Å². The van der Waals surface area contributed by atoms with Crippen LogP contribution in [0.5, 0.6) is 0 Å². The Morgan fingerprint density at radius 2 is 1.07 bits per heavy atom. The number of carbonyl (C=O) groups is 1. The summed E-state index contributed by atoms with van der Waals surface area (Å²) in [7, 11) is 0. The van der Waals surface area contributed by atoms with E-state index in [-0.39, 0.29) is 5.69 Å². The first-order chi connectivity index (χ1) is 12.9. The Bertz CT molecular complexity index is 893. The lowest BCUT2D eigenvalue weighted by atomic mass is 10.2. The molecule has 3 aromatic rings. The van der Waals surface area contributed by atoms with Crippen LogP contribution in [0.1, 0.15) is 5.56 Å². The summed E-state index contributed by atoms with van der Waals surface area (Å²) in [5, 5.41) is 8.34. The number of amides is 2. The monoisotopic (exact) mass is 371 g/mol. The fourth-order valence-electron chi connectivity index (χ4n) is 2.36. The molecule has 3 aromatic carbocycles. The molecule has 0 saturated heterocycles. The Morgan fingerprint density at radius 3 is 1.59 bits per heavy atom. The zero-order chi connectivity index (χ0) is 19.3. The number of para-hydroxylation sites is 1. The first kappa shape index (κ1) is 18.3. The normalized spacial score (nSPS) is 10.9. The quantitative estimate of drug-likeness (QED) is 0.520. The maximum absolute atomic E-state index is 12.5. The third-order valence-corrected chi connectivity index (χ3v) is 3.68. The smallest absolute Gasteiger partial charge is 0.356 e. The van der Waals surface area contributed by atoms with Gasteiger partial charge in [0.2, 0.25) is 0 Å². The van der Waals surface area contributed by atoms with Crippen LogP contribution < -0.4 is 16.0 Å². The molecule has 0 aliphatic rings. The van der Waals surface area contributed by atoms with Gasteiger partial charge >= 0.3 is 12.2 Å². The van der Waals surface area contributed by atoms with Gasteiger partial charge in [-0.25, -0.2) is 4.79 Å². The Kier molecular flexibility index (Phi) is 5.30. The number of halogens is 3. The van der Waals surface area contributed by atoms with Gasteiger partial charge in [-0.3, -0.25) is 0 Å². The average molecular weight is 371 g/mol. The van der Waals surface area contributed by atoms with Crippen LogP contribution in [0.2, 0.25) is 0 Å². The average Bonchev–Trinajstić information content (AvgIpc) is 2.64. The molecule has 0 fully saturated rings.